The van der Waals surface area contributed by atoms with E-state index in [0.29, 0.717) is 64.3 Å². The first-order valence-electron chi connectivity index (χ1n) is 35.1. The van der Waals surface area contributed by atoms with Crippen LogP contribution in [0.4, 0.5) is 0 Å². The van der Waals surface area contributed by atoms with Gasteiger partial charge in [0.25, 0.3) is 0 Å². The second-order valence-electron chi connectivity index (χ2n) is 22.0. The van der Waals surface area contributed by atoms with Crippen molar-refractivity contribution in [2.75, 3.05) is 59.8 Å². The maximum Gasteiger partial charge on any atom is 0.320 e. The molecular weight excluding hydrogens is 1090 g/mol. The molecule has 0 radical (unpaired) electrons. The van der Waals surface area contributed by atoms with Gasteiger partial charge in [-0.2, -0.15) is 0 Å². The lowest BCUT2D eigenvalue weighted by atomic mass is 9.96. The molecule has 0 amide bonds. The van der Waals surface area contributed by atoms with Crippen molar-refractivity contribution in [3.8, 4) is 0 Å². The van der Waals surface area contributed by atoms with Crippen LogP contribution in [0.15, 0.2) is 0 Å². The van der Waals surface area contributed by atoms with E-state index in [1.54, 1.807) is 14.0 Å². The molecule has 4 unspecified atom stereocenters. The molecule has 0 saturated carbocycles. The van der Waals surface area contributed by atoms with Gasteiger partial charge in [0.05, 0.1) is 46.1 Å². The van der Waals surface area contributed by atoms with E-state index in [1.807, 2.05) is 48.5 Å². The molecule has 4 atom stereocenters. The summed E-state index contributed by atoms with van der Waals surface area (Å²) in [5, 5.41) is 0. The first-order chi connectivity index (χ1) is 41.4. The van der Waals surface area contributed by atoms with Crippen molar-refractivity contribution < 1.29 is 66.7 Å². The lowest BCUT2D eigenvalue weighted by molar-refractivity contribution is -0.170. The van der Waals surface area contributed by atoms with E-state index in [0.717, 1.165) is 58.0 Å². The third-order valence-electron chi connectivity index (χ3n) is 13.5. The van der Waals surface area contributed by atoms with Gasteiger partial charge in [0.2, 0.25) is 0 Å². The largest absolute Gasteiger partial charge is 0.466 e. The predicted molar refractivity (Wildman–Crippen MR) is 358 cm³/mol. The second kappa shape index (κ2) is 83.5. The van der Waals surface area contributed by atoms with Gasteiger partial charge in [-0.05, 0) is 56.8 Å². The predicted octanol–water partition coefficient (Wildman–Crippen LogP) is 18.9. The summed E-state index contributed by atoms with van der Waals surface area (Å²) in [7, 11) is 1.77. The Balaban J connectivity index is -0.000000198. The zero-order chi connectivity index (χ0) is 66.7. The molecule has 0 fully saturated rings. The van der Waals surface area contributed by atoms with Crippen molar-refractivity contribution in [3.63, 3.8) is 0 Å². The zero-order valence-corrected chi connectivity index (χ0v) is 59.7. The van der Waals surface area contributed by atoms with Gasteiger partial charge in [-0.3, -0.25) is 33.7 Å². The summed E-state index contributed by atoms with van der Waals surface area (Å²) in [6, 6.07) is 0. The topological polar surface area (TPSA) is 187 Å². The second-order valence-corrected chi connectivity index (χ2v) is 22.0. The maximum atomic E-state index is 12.7. The van der Waals surface area contributed by atoms with E-state index in [-0.39, 0.29) is 55.9 Å². The van der Waals surface area contributed by atoms with Crippen LogP contribution in [0.1, 0.15) is 336 Å². The van der Waals surface area contributed by atoms with Crippen molar-refractivity contribution >= 4 is 42.1 Å². The minimum atomic E-state index is -0.583. The molecule has 0 saturated heterocycles. The summed E-state index contributed by atoms with van der Waals surface area (Å²) < 4.78 is 36.1. The Morgan fingerprint density at radius 1 is 0.384 bits per heavy atom. The van der Waals surface area contributed by atoms with Crippen LogP contribution in [0.25, 0.3) is 0 Å². The Morgan fingerprint density at radius 3 is 1.09 bits per heavy atom. The van der Waals surface area contributed by atoms with Crippen LogP contribution in [0.3, 0.4) is 0 Å². The highest BCUT2D eigenvalue weighted by Crippen LogP contribution is 2.21. The summed E-state index contributed by atoms with van der Waals surface area (Å²) in [5.41, 5.74) is 0. The fourth-order valence-electron chi connectivity index (χ4n) is 7.49. The molecule has 0 aliphatic carbocycles. The molecule has 516 valence electrons. The number of carbonyl (C=O) groups is 7. The van der Waals surface area contributed by atoms with E-state index < -0.39 is 24.1 Å². The molecule has 0 heterocycles. The standard InChI is InChI=1S/C26H47NO7.C14H28O2.C11H22O2.C9H20O.C5H10O2.C4H10.C2H6/c1-6-10-11-12-13-14-17-32-25(30)19-27(15-16-28)20-26(31)34-23(18-21(5)7-2)22(8-3)33-24(29)9-4;1-4-6-7-8-9-10-11-16-14(15)12-13(3)5-2;1-3-5-6-7-8-9-10-13-11(12)4-2;1-3-4-5-6-7-8-9-10-2;1-3-4-7-5(2)6;1-3-4-2;1-2/h16,21-23H,6-15,17-20H2,1-5H3;13H,4-12H2,1-3H3;3-10H2,1-2H3;3-9H2,1-2H3;3-4H2,1-2H3;3-4H2,1-2H3;1-2H3. The van der Waals surface area contributed by atoms with E-state index >= 15 is 0 Å². The molecule has 0 aliphatic heterocycles. The average molecular weight is 1230 g/mol. The van der Waals surface area contributed by atoms with Crippen LogP contribution in [0.5, 0.6) is 0 Å². The minimum Gasteiger partial charge on any atom is -0.466 e. The molecule has 0 aromatic carbocycles. The van der Waals surface area contributed by atoms with Gasteiger partial charge in [0.1, 0.15) is 18.5 Å². The van der Waals surface area contributed by atoms with Gasteiger partial charge >= 0.3 is 35.8 Å². The smallest absolute Gasteiger partial charge is 0.320 e. The van der Waals surface area contributed by atoms with Crippen LogP contribution in [0, 0.1) is 11.8 Å². The molecule has 0 aromatic rings. The zero-order valence-electron chi connectivity index (χ0n) is 59.7. The van der Waals surface area contributed by atoms with E-state index in [1.165, 1.54) is 147 Å². The summed E-state index contributed by atoms with van der Waals surface area (Å²) in [6.07, 6.45) is 36.9. The normalized spacial score (nSPS) is 11.5. The van der Waals surface area contributed by atoms with Crippen molar-refractivity contribution in [1.29, 1.82) is 0 Å². The lowest BCUT2D eigenvalue weighted by Gasteiger charge is -2.29. The van der Waals surface area contributed by atoms with Crippen LogP contribution in [-0.2, 0) is 66.7 Å². The summed E-state index contributed by atoms with van der Waals surface area (Å²) in [4.78, 5) is 81.2. The molecular formula is C71H143NO14. The molecule has 0 aromatic heterocycles. The number of rotatable bonds is 49. The summed E-state index contributed by atoms with van der Waals surface area (Å²) in [5.74, 6) is -0.939. The highest BCUT2D eigenvalue weighted by Gasteiger charge is 2.29. The summed E-state index contributed by atoms with van der Waals surface area (Å²) >= 11 is 0. The van der Waals surface area contributed by atoms with Gasteiger partial charge in [0.15, 0.2) is 0 Å². The number of carbonyl (C=O) groups excluding carboxylic acids is 7. The van der Waals surface area contributed by atoms with E-state index in [2.05, 4.69) is 60.1 Å². The van der Waals surface area contributed by atoms with Crippen molar-refractivity contribution in [3.05, 3.63) is 0 Å². The fourth-order valence-corrected chi connectivity index (χ4v) is 7.49. The molecule has 0 spiro atoms. The third kappa shape index (κ3) is 86.8. The first kappa shape index (κ1) is 96.0. The Kier molecular flexibility index (Phi) is 93.2. The number of methoxy groups -OCH3 is 1. The Hall–Kier alpha value is -3.59. The third-order valence-corrected chi connectivity index (χ3v) is 13.5. The Morgan fingerprint density at radius 2 is 0.756 bits per heavy atom. The quantitative estimate of drug-likeness (QED) is 0.0242. The maximum absolute atomic E-state index is 12.7. The Labute approximate surface area is 531 Å². The number of nitrogens with zero attached hydrogens (tertiary/aromatic N) is 1. The number of unbranched alkanes of at least 4 members (excludes halogenated alkanes) is 21. The van der Waals surface area contributed by atoms with Crippen LogP contribution in [0.2, 0.25) is 0 Å². The number of aldehydes is 1. The monoisotopic (exact) mass is 1230 g/mol. The molecule has 0 aliphatic rings. The molecule has 86 heavy (non-hydrogen) atoms. The molecule has 15 heteroatoms. The van der Waals surface area contributed by atoms with Gasteiger partial charge in [-0.1, -0.05) is 265 Å². The van der Waals surface area contributed by atoms with Crippen molar-refractivity contribution in [1.82, 2.24) is 4.90 Å². The molecule has 0 rings (SSSR count). The highest BCUT2D eigenvalue weighted by molar-refractivity contribution is 5.76. The van der Waals surface area contributed by atoms with Crippen LogP contribution in [-0.4, -0.2) is 119 Å². The average Bonchev–Trinajstić information content (AvgIpc) is 3.69. The minimum absolute atomic E-state index is 0.0251. The Bertz CT molecular complexity index is 1400. The fraction of sp³-hybridized carbons (Fsp3) is 0.901. The van der Waals surface area contributed by atoms with Crippen molar-refractivity contribution in [2.24, 2.45) is 11.8 Å². The van der Waals surface area contributed by atoms with Crippen molar-refractivity contribution in [2.45, 2.75) is 348 Å². The SMILES string of the molecule is CC.CCCC.CCCCCCCCOC.CCCCCCCCOC(=O)CC.CCCCCCCCOC(=O)CC(C)CC.CCCCCCCCOC(=O)CN(CC=O)CC(=O)OC(CC(C)CC)C(CC)OC(=O)CC.CCCOC(C)=O. The van der Waals surface area contributed by atoms with Gasteiger partial charge < -0.3 is 38.0 Å². The van der Waals surface area contributed by atoms with Gasteiger partial charge in [-0.15, -0.1) is 0 Å². The van der Waals surface area contributed by atoms with Crippen LogP contribution >= 0.6 is 0 Å². The van der Waals surface area contributed by atoms with E-state index in [4.69, 9.17) is 28.4 Å². The summed E-state index contributed by atoms with van der Waals surface area (Å²) in [6.45, 7) is 36.9. The number of hydrogen-bond acceptors (Lipinski definition) is 15. The van der Waals surface area contributed by atoms with Gasteiger partial charge in [-0.25, -0.2) is 0 Å². The lowest BCUT2D eigenvalue weighted by Crippen LogP contribution is -2.41. The van der Waals surface area contributed by atoms with Crippen LogP contribution < -0.4 is 0 Å². The number of ether oxygens (including phenoxy) is 7. The first-order valence-corrected chi connectivity index (χ1v) is 35.1. The van der Waals surface area contributed by atoms with Gasteiger partial charge in [0, 0.05) is 39.9 Å². The molecule has 0 bridgehead atoms. The highest BCUT2D eigenvalue weighted by atomic mass is 16.6. The number of hydrogen-bond donors (Lipinski definition) is 0. The molecule has 15 nitrogen and oxygen atoms in total. The molecule has 0 N–H and O–H groups in total. The van der Waals surface area contributed by atoms with E-state index in [9.17, 15) is 33.6 Å². The number of esters is 6.